The largest absolute Gasteiger partial charge is 0.351 e. The van der Waals surface area contributed by atoms with Gasteiger partial charge in [0.2, 0.25) is 6.41 Å². The standard InChI is InChI=1S/C13H17NO3/c1-13(2)16-8-11(14-9-15)12(17-13)10-6-4-3-5-7-10/h3-7,9,11-12H,8H2,1-2H3,(H,14,15)/t11-,12-/m0/s1. The van der Waals surface area contributed by atoms with Gasteiger partial charge in [-0.05, 0) is 19.4 Å². The summed E-state index contributed by atoms with van der Waals surface area (Å²) in [5.41, 5.74) is 1.04. The second kappa shape index (κ2) is 4.85. The minimum absolute atomic E-state index is 0.150. The molecule has 1 aromatic carbocycles. The van der Waals surface area contributed by atoms with Gasteiger partial charge in [0, 0.05) is 0 Å². The number of hydrogen-bond donors (Lipinski definition) is 1. The van der Waals surface area contributed by atoms with Crippen molar-refractivity contribution in [2.45, 2.75) is 31.8 Å². The summed E-state index contributed by atoms with van der Waals surface area (Å²) in [6, 6.07) is 9.70. The van der Waals surface area contributed by atoms with Crippen LogP contribution in [-0.2, 0) is 14.3 Å². The molecule has 1 fully saturated rings. The smallest absolute Gasteiger partial charge is 0.207 e. The van der Waals surface area contributed by atoms with E-state index in [1.54, 1.807) is 0 Å². The van der Waals surface area contributed by atoms with E-state index in [1.165, 1.54) is 0 Å². The van der Waals surface area contributed by atoms with Gasteiger partial charge >= 0.3 is 0 Å². The molecule has 92 valence electrons. The summed E-state index contributed by atoms with van der Waals surface area (Å²) >= 11 is 0. The highest BCUT2D eigenvalue weighted by Gasteiger charge is 2.37. The highest BCUT2D eigenvalue weighted by atomic mass is 16.7. The summed E-state index contributed by atoms with van der Waals surface area (Å²) in [5.74, 6) is -0.623. The minimum Gasteiger partial charge on any atom is -0.351 e. The van der Waals surface area contributed by atoms with Crippen molar-refractivity contribution in [3.63, 3.8) is 0 Å². The number of ether oxygens (including phenoxy) is 2. The van der Waals surface area contributed by atoms with Crippen LogP contribution in [0.4, 0.5) is 0 Å². The molecule has 1 amide bonds. The van der Waals surface area contributed by atoms with Crippen molar-refractivity contribution in [1.82, 2.24) is 5.32 Å². The molecule has 1 heterocycles. The molecule has 2 rings (SSSR count). The highest BCUT2D eigenvalue weighted by Crippen LogP contribution is 2.32. The summed E-state index contributed by atoms with van der Waals surface area (Å²) in [6.45, 7) is 4.20. The Hall–Kier alpha value is -1.39. The van der Waals surface area contributed by atoms with Gasteiger partial charge in [-0.15, -0.1) is 0 Å². The first kappa shape index (κ1) is 12.1. The van der Waals surface area contributed by atoms with Crippen molar-refractivity contribution in [3.8, 4) is 0 Å². The van der Waals surface area contributed by atoms with Crippen LogP contribution in [0.3, 0.4) is 0 Å². The zero-order valence-electron chi connectivity index (χ0n) is 10.1. The van der Waals surface area contributed by atoms with E-state index in [0.29, 0.717) is 13.0 Å². The maximum atomic E-state index is 10.6. The molecule has 1 aromatic rings. The molecule has 1 N–H and O–H groups in total. The molecule has 1 saturated heterocycles. The second-order valence-electron chi connectivity index (χ2n) is 4.55. The van der Waals surface area contributed by atoms with E-state index in [4.69, 9.17) is 9.47 Å². The molecule has 2 atom stereocenters. The van der Waals surface area contributed by atoms with Gasteiger partial charge < -0.3 is 14.8 Å². The van der Waals surface area contributed by atoms with Crippen molar-refractivity contribution in [3.05, 3.63) is 35.9 Å². The van der Waals surface area contributed by atoms with Gasteiger partial charge in [0.25, 0.3) is 0 Å². The maximum absolute atomic E-state index is 10.6. The van der Waals surface area contributed by atoms with Crippen molar-refractivity contribution in [2.24, 2.45) is 0 Å². The SMILES string of the molecule is CC1(C)OC[C@H](NC=O)[C@H](c2ccccc2)O1. The van der Waals surface area contributed by atoms with E-state index >= 15 is 0 Å². The maximum Gasteiger partial charge on any atom is 0.207 e. The average molecular weight is 235 g/mol. The Bertz CT molecular complexity index is 378. The number of benzene rings is 1. The number of rotatable bonds is 3. The fraction of sp³-hybridized carbons (Fsp3) is 0.462. The summed E-state index contributed by atoms with van der Waals surface area (Å²) < 4.78 is 11.4. The quantitative estimate of drug-likeness (QED) is 0.810. The Morgan fingerprint density at radius 2 is 2.06 bits per heavy atom. The van der Waals surface area contributed by atoms with Crippen molar-refractivity contribution in [2.75, 3.05) is 6.61 Å². The molecule has 0 aromatic heterocycles. The molecule has 1 aliphatic rings. The van der Waals surface area contributed by atoms with Crippen LogP contribution in [0.5, 0.6) is 0 Å². The van der Waals surface area contributed by atoms with E-state index in [9.17, 15) is 4.79 Å². The van der Waals surface area contributed by atoms with Gasteiger partial charge in [0.1, 0.15) is 6.10 Å². The molecule has 0 spiro atoms. The van der Waals surface area contributed by atoms with E-state index in [2.05, 4.69) is 5.32 Å². The van der Waals surface area contributed by atoms with Crippen LogP contribution in [0.1, 0.15) is 25.5 Å². The van der Waals surface area contributed by atoms with Gasteiger partial charge in [-0.1, -0.05) is 30.3 Å². The second-order valence-corrected chi connectivity index (χ2v) is 4.55. The monoisotopic (exact) mass is 235 g/mol. The normalized spacial score (nSPS) is 27.4. The Kier molecular flexibility index (Phi) is 3.45. The van der Waals surface area contributed by atoms with Crippen LogP contribution in [0.2, 0.25) is 0 Å². The third kappa shape index (κ3) is 2.84. The summed E-state index contributed by atoms with van der Waals surface area (Å²) in [7, 11) is 0. The first-order valence-corrected chi connectivity index (χ1v) is 5.69. The molecule has 0 aliphatic carbocycles. The van der Waals surface area contributed by atoms with Gasteiger partial charge in [-0.2, -0.15) is 0 Å². The topological polar surface area (TPSA) is 47.6 Å². The number of carbonyl (C=O) groups excluding carboxylic acids is 1. The molecule has 0 radical (unpaired) electrons. The summed E-state index contributed by atoms with van der Waals surface area (Å²) in [4.78, 5) is 10.6. The van der Waals surface area contributed by atoms with Crippen LogP contribution in [0.15, 0.2) is 30.3 Å². The van der Waals surface area contributed by atoms with Crippen molar-refractivity contribution >= 4 is 6.41 Å². The predicted octanol–water partition coefficient (Wildman–Crippen LogP) is 1.63. The van der Waals surface area contributed by atoms with Gasteiger partial charge in [0.05, 0.1) is 12.6 Å². The molecule has 1 aliphatic heterocycles. The molecule has 4 nitrogen and oxygen atoms in total. The van der Waals surface area contributed by atoms with E-state index < -0.39 is 5.79 Å². The lowest BCUT2D eigenvalue weighted by Gasteiger charge is -2.41. The third-order valence-corrected chi connectivity index (χ3v) is 2.80. The molecule has 17 heavy (non-hydrogen) atoms. The van der Waals surface area contributed by atoms with Crippen LogP contribution < -0.4 is 5.32 Å². The van der Waals surface area contributed by atoms with Crippen LogP contribution in [0.25, 0.3) is 0 Å². The van der Waals surface area contributed by atoms with Crippen LogP contribution in [0, 0.1) is 0 Å². The lowest BCUT2D eigenvalue weighted by Crippen LogP contribution is -2.50. The number of amides is 1. The Balaban J connectivity index is 2.22. The third-order valence-electron chi connectivity index (χ3n) is 2.80. The van der Waals surface area contributed by atoms with Crippen molar-refractivity contribution < 1.29 is 14.3 Å². The van der Waals surface area contributed by atoms with Gasteiger partial charge in [0.15, 0.2) is 5.79 Å². The fourth-order valence-electron chi connectivity index (χ4n) is 1.97. The van der Waals surface area contributed by atoms with Crippen LogP contribution in [-0.4, -0.2) is 24.8 Å². The van der Waals surface area contributed by atoms with Gasteiger partial charge in [-0.3, -0.25) is 4.79 Å². The van der Waals surface area contributed by atoms with Gasteiger partial charge in [-0.25, -0.2) is 0 Å². The molecular formula is C13H17NO3. The first-order valence-electron chi connectivity index (χ1n) is 5.69. The van der Waals surface area contributed by atoms with E-state index in [0.717, 1.165) is 5.56 Å². The lowest BCUT2D eigenvalue weighted by molar-refractivity contribution is -0.284. The minimum atomic E-state index is -0.623. The summed E-state index contributed by atoms with van der Waals surface area (Å²) in [6.07, 6.45) is 0.510. The fourth-order valence-corrected chi connectivity index (χ4v) is 1.97. The molecule has 0 saturated carbocycles. The Labute approximate surface area is 101 Å². The zero-order valence-corrected chi connectivity index (χ0v) is 10.1. The number of carbonyl (C=O) groups is 1. The first-order chi connectivity index (χ1) is 8.12. The number of hydrogen-bond acceptors (Lipinski definition) is 3. The molecule has 0 bridgehead atoms. The van der Waals surface area contributed by atoms with E-state index in [-0.39, 0.29) is 12.1 Å². The molecule has 4 heteroatoms. The predicted molar refractivity (Wildman–Crippen MR) is 63.3 cm³/mol. The van der Waals surface area contributed by atoms with E-state index in [1.807, 2.05) is 44.2 Å². The Morgan fingerprint density at radius 1 is 1.35 bits per heavy atom. The summed E-state index contributed by atoms with van der Waals surface area (Å²) in [5, 5.41) is 2.74. The zero-order chi connectivity index (χ0) is 12.3. The highest BCUT2D eigenvalue weighted by molar-refractivity contribution is 5.47. The lowest BCUT2D eigenvalue weighted by atomic mass is 10.0. The average Bonchev–Trinajstić information content (AvgIpc) is 2.32. The number of nitrogens with one attached hydrogen (secondary N) is 1. The Morgan fingerprint density at radius 3 is 2.71 bits per heavy atom. The molecular weight excluding hydrogens is 218 g/mol. The van der Waals surface area contributed by atoms with Crippen molar-refractivity contribution in [1.29, 1.82) is 0 Å². The molecule has 0 unspecified atom stereocenters. The van der Waals surface area contributed by atoms with Crippen LogP contribution >= 0.6 is 0 Å².